The molecule has 1 aliphatic rings. The summed E-state index contributed by atoms with van der Waals surface area (Å²) >= 11 is 0. The molecule has 1 aromatic carbocycles. The van der Waals surface area contributed by atoms with Crippen LogP contribution >= 0.6 is 0 Å². The molecule has 2 heteroatoms. The van der Waals surface area contributed by atoms with Crippen LogP contribution < -0.4 is 0 Å². The fourth-order valence-electron chi connectivity index (χ4n) is 1.45. The first-order chi connectivity index (χ1) is 7.11. The maximum absolute atomic E-state index is 10.5. The molecule has 1 heterocycles. The van der Waals surface area contributed by atoms with Gasteiger partial charge in [0, 0.05) is 20.0 Å². The lowest BCUT2D eigenvalue weighted by molar-refractivity contribution is -0.126. The molecule has 0 unspecified atom stereocenters. The summed E-state index contributed by atoms with van der Waals surface area (Å²) in [5, 5.41) is 0. The zero-order valence-corrected chi connectivity index (χ0v) is 9.79. The van der Waals surface area contributed by atoms with Crippen molar-refractivity contribution in [3.63, 3.8) is 0 Å². The number of nitrogens with zero attached hydrogens (tertiary/aromatic N) is 1. The van der Waals surface area contributed by atoms with E-state index in [9.17, 15) is 4.79 Å². The Bertz CT molecular complexity index is 312. The third-order valence-electron chi connectivity index (χ3n) is 2.74. The van der Waals surface area contributed by atoms with Crippen molar-refractivity contribution in [3.05, 3.63) is 35.4 Å². The molecule has 2 nitrogen and oxygen atoms in total. The Morgan fingerprint density at radius 1 is 1.13 bits per heavy atom. The van der Waals surface area contributed by atoms with Crippen molar-refractivity contribution < 1.29 is 4.79 Å². The predicted octanol–water partition coefficient (Wildman–Crippen LogP) is 2.54. The van der Waals surface area contributed by atoms with Gasteiger partial charge in [-0.15, -0.1) is 0 Å². The predicted molar refractivity (Wildman–Crippen MR) is 62.8 cm³/mol. The highest BCUT2D eigenvalue weighted by atomic mass is 16.2. The zero-order valence-electron chi connectivity index (χ0n) is 9.79. The molecular weight excluding hydrogens is 186 g/mol. The highest BCUT2D eigenvalue weighted by Gasteiger charge is 2.14. The van der Waals surface area contributed by atoms with Crippen molar-refractivity contribution in [2.75, 3.05) is 13.6 Å². The second-order valence-electron chi connectivity index (χ2n) is 4.00. The number of hydrogen-bond acceptors (Lipinski definition) is 1. The molecule has 0 aromatic heterocycles. The van der Waals surface area contributed by atoms with Crippen LogP contribution in [0, 0.1) is 13.8 Å². The molecule has 1 aromatic rings. The van der Waals surface area contributed by atoms with E-state index in [0.717, 1.165) is 19.4 Å². The fraction of sp³-hybridized carbons (Fsp3) is 0.462. The van der Waals surface area contributed by atoms with Gasteiger partial charge in [-0.25, -0.2) is 0 Å². The van der Waals surface area contributed by atoms with Gasteiger partial charge in [0.05, 0.1) is 0 Å². The molecule has 1 amide bonds. The number of aryl methyl sites for hydroxylation is 2. The SMILES string of the molecule is CN1CCCC1=O.Cc1ccccc1C. The summed E-state index contributed by atoms with van der Waals surface area (Å²) in [6, 6.07) is 8.36. The summed E-state index contributed by atoms with van der Waals surface area (Å²) in [6.07, 6.45) is 1.81. The van der Waals surface area contributed by atoms with Crippen LogP contribution in [0.2, 0.25) is 0 Å². The molecule has 2 rings (SSSR count). The van der Waals surface area contributed by atoms with Crippen LogP contribution in [-0.2, 0) is 4.79 Å². The number of carbonyl (C=O) groups excluding carboxylic acids is 1. The average Bonchev–Trinajstić information content (AvgIpc) is 2.57. The van der Waals surface area contributed by atoms with Gasteiger partial charge in [-0.05, 0) is 31.4 Å². The topological polar surface area (TPSA) is 20.3 Å². The largest absolute Gasteiger partial charge is 0.346 e. The van der Waals surface area contributed by atoms with Crippen LogP contribution in [0.5, 0.6) is 0 Å². The second-order valence-corrected chi connectivity index (χ2v) is 4.00. The quantitative estimate of drug-likeness (QED) is 0.637. The minimum absolute atomic E-state index is 0.292. The molecule has 0 bridgehead atoms. The van der Waals surface area contributed by atoms with Crippen LogP contribution in [-0.4, -0.2) is 24.4 Å². The monoisotopic (exact) mass is 205 g/mol. The fourth-order valence-corrected chi connectivity index (χ4v) is 1.45. The number of rotatable bonds is 0. The summed E-state index contributed by atoms with van der Waals surface area (Å²) in [6.45, 7) is 5.20. The van der Waals surface area contributed by atoms with Crippen molar-refractivity contribution >= 4 is 5.91 Å². The van der Waals surface area contributed by atoms with E-state index < -0.39 is 0 Å². The van der Waals surface area contributed by atoms with Gasteiger partial charge >= 0.3 is 0 Å². The van der Waals surface area contributed by atoms with Gasteiger partial charge in [0.25, 0.3) is 0 Å². The Morgan fingerprint density at radius 3 is 1.87 bits per heavy atom. The van der Waals surface area contributed by atoms with E-state index in [0.29, 0.717) is 5.91 Å². The standard InChI is InChI=1S/C8H10.C5H9NO/c1-7-5-3-4-6-8(7)2;1-6-4-2-3-5(6)7/h3-6H,1-2H3;2-4H2,1H3. The third kappa shape index (κ3) is 3.74. The molecule has 0 radical (unpaired) electrons. The highest BCUT2D eigenvalue weighted by Crippen LogP contribution is 2.04. The minimum Gasteiger partial charge on any atom is -0.346 e. The maximum atomic E-state index is 10.5. The molecule has 0 spiro atoms. The summed E-state index contributed by atoms with van der Waals surface area (Å²) in [4.78, 5) is 12.3. The molecule has 82 valence electrons. The summed E-state index contributed by atoms with van der Waals surface area (Å²) in [7, 11) is 1.84. The van der Waals surface area contributed by atoms with Gasteiger partial charge in [0.1, 0.15) is 0 Å². The van der Waals surface area contributed by atoms with Gasteiger partial charge in [0.15, 0.2) is 0 Å². The van der Waals surface area contributed by atoms with Gasteiger partial charge in [-0.2, -0.15) is 0 Å². The van der Waals surface area contributed by atoms with Crippen LogP contribution in [0.3, 0.4) is 0 Å². The first kappa shape index (κ1) is 11.8. The van der Waals surface area contributed by atoms with E-state index in [4.69, 9.17) is 0 Å². The molecule has 15 heavy (non-hydrogen) atoms. The highest BCUT2D eigenvalue weighted by molar-refractivity contribution is 5.77. The third-order valence-corrected chi connectivity index (χ3v) is 2.74. The number of benzene rings is 1. The van der Waals surface area contributed by atoms with Gasteiger partial charge in [-0.1, -0.05) is 24.3 Å². The van der Waals surface area contributed by atoms with E-state index in [1.807, 2.05) is 7.05 Å². The molecular formula is C13H19NO. The Hall–Kier alpha value is -1.31. The van der Waals surface area contributed by atoms with Crippen molar-refractivity contribution in [1.29, 1.82) is 0 Å². The van der Waals surface area contributed by atoms with E-state index in [2.05, 4.69) is 38.1 Å². The number of likely N-dealkylation sites (tertiary alicyclic amines) is 1. The molecule has 0 atom stereocenters. The number of hydrogen-bond donors (Lipinski definition) is 0. The van der Waals surface area contributed by atoms with Crippen molar-refractivity contribution in [3.8, 4) is 0 Å². The van der Waals surface area contributed by atoms with E-state index in [1.54, 1.807) is 4.90 Å². The summed E-state index contributed by atoms with van der Waals surface area (Å²) < 4.78 is 0. The van der Waals surface area contributed by atoms with Crippen molar-refractivity contribution in [2.24, 2.45) is 0 Å². The van der Waals surface area contributed by atoms with Crippen molar-refractivity contribution in [2.45, 2.75) is 26.7 Å². The Kier molecular flexibility index (Phi) is 4.35. The molecule has 0 aliphatic carbocycles. The number of carbonyl (C=O) groups is 1. The average molecular weight is 205 g/mol. The summed E-state index contributed by atoms with van der Waals surface area (Å²) in [5.41, 5.74) is 2.74. The normalized spacial score (nSPS) is 14.9. The maximum Gasteiger partial charge on any atom is 0.222 e. The van der Waals surface area contributed by atoms with E-state index >= 15 is 0 Å². The zero-order chi connectivity index (χ0) is 11.3. The van der Waals surface area contributed by atoms with Crippen LogP contribution in [0.25, 0.3) is 0 Å². The molecule has 0 saturated carbocycles. The first-order valence-electron chi connectivity index (χ1n) is 5.37. The van der Waals surface area contributed by atoms with Crippen molar-refractivity contribution in [1.82, 2.24) is 4.90 Å². The number of amides is 1. The minimum atomic E-state index is 0.292. The Morgan fingerprint density at radius 2 is 1.67 bits per heavy atom. The first-order valence-corrected chi connectivity index (χ1v) is 5.37. The lowest BCUT2D eigenvalue weighted by atomic mass is 10.1. The molecule has 1 fully saturated rings. The smallest absolute Gasteiger partial charge is 0.222 e. The van der Waals surface area contributed by atoms with Crippen LogP contribution in [0.1, 0.15) is 24.0 Å². The molecule has 1 aliphatic heterocycles. The van der Waals surface area contributed by atoms with Gasteiger partial charge in [-0.3, -0.25) is 4.79 Å². The van der Waals surface area contributed by atoms with Crippen LogP contribution in [0.4, 0.5) is 0 Å². The Balaban J connectivity index is 0.000000151. The molecule has 1 saturated heterocycles. The van der Waals surface area contributed by atoms with E-state index in [-0.39, 0.29) is 0 Å². The lowest BCUT2D eigenvalue weighted by Gasteiger charge is -2.03. The second kappa shape index (κ2) is 5.54. The van der Waals surface area contributed by atoms with Crippen LogP contribution in [0.15, 0.2) is 24.3 Å². The Labute approximate surface area is 91.9 Å². The van der Waals surface area contributed by atoms with Gasteiger partial charge in [0.2, 0.25) is 5.91 Å². The molecule has 0 N–H and O–H groups in total. The lowest BCUT2D eigenvalue weighted by Crippen LogP contribution is -2.17. The summed E-state index contributed by atoms with van der Waals surface area (Å²) in [5.74, 6) is 0.292. The van der Waals surface area contributed by atoms with E-state index in [1.165, 1.54) is 11.1 Å². The van der Waals surface area contributed by atoms with Gasteiger partial charge < -0.3 is 4.90 Å².